The molecule has 12 heavy (non-hydrogen) atoms. The third kappa shape index (κ3) is 2.72. The fraction of sp³-hybridized carbons (Fsp3) is 0.750. The Morgan fingerprint density at radius 3 is 2.50 bits per heavy atom. The quantitative estimate of drug-likeness (QED) is 0.708. The lowest BCUT2D eigenvalue weighted by Gasteiger charge is -2.09. The average Bonchev–Trinajstić information content (AvgIpc) is 2.35. The molecule has 1 unspecified atom stereocenters. The molecule has 0 aliphatic carbocycles. The molecule has 0 fully saturated rings. The standard InChI is InChI=1S/C8H13ClN2S/c1-5(2)7(9)4-8-11-10-6(3)12-8/h5,7H,4H2,1-3H3. The van der Waals surface area contributed by atoms with E-state index in [0.29, 0.717) is 5.92 Å². The highest BCUT2D eigenvalue weighted by Crippen LogP contribution is 2.18. The first-order chi connectivity index (χ1) is 5.59. The van der Waals surface area contributed by atoms with Gasteiger partial charge in [0.2, 0.25) is 0 Å². The molecule has 0 radical (unpaired) electrons. The minimum atomic E-state index is 0.178. The molecular weight excluding hydrogens is 192 g/mol. The summed E-state index contributed by atoms with van der Waals surface area (Å²) in [7, 11) is 0. The predicted octanol–water partition coefficient (Wildman–Crippen LogP) is 2.65. The molecule has 0 bridgehead atoms. The summed E-state index contributed by atoms with van der Waals surface area (Å²) in [6.07, 6.45) is 0.838. The zero-order valence-electron chi connectivity index (χ0n) is 7.54. The van der Waals surface area contributed by atoms with Gasteiger partial charge in [0.05, 0.1) is 0 Å². The van der Waals surface area contributed by atoms with Crippen LogP contribution in [-0.2, 0) is 6.42 Å². The van der Waals surface area contributed by atoms with Crippen molar-refractivity contribution in [1.82, 2.24) is 10.2 Å². The topological polar surface area (TPSA) is 25.8 Å². The van der Waals surface area contributed by atoms with Crippen LogP contribution in [0.5, 0.6) is 0 Å². The Balaban J connectivity index is 2.52. The Hall–Kier alpha value is -0.150. The molecule has 0 amide bonds. The molecule has 0 aromatic carbocycles. The van der Waals surface area contributed by atoms with E-state index in [1.807, 2.05) is 6.92 Å². The molecule has 1 aromatic heterocycles. The Bertz CT molecular complexity index is 247. The Morgan fingerprint density at radius 1 is 1.42 bits per heavy atom. The molecule has 2 nitrogen and oxygen atoms in total. The van der Waals surface area contributed by atoms with Gasteiger partial charge in [0, 0.05) is 11.8 Å². The average molecular weight is 205 g/mol. The summed E-state index contributed by atoms with van der Waals surface area (Å²) in [5, 5.41) is 10.2. The molecule has 68 valence electrons. The number of halogens is 1. The van der Waals surface area contributed by atoms with Gasteiger partial charge < -0.3 is 0 Å². The molecule has 0 spiro atoms. The first-order valence-electron chi connectivity index (χ1n) is 4.02. The third-order valence-electron chi connectivity index (χ3n) is 1.66. The second-order valence-corrected chi connectivity index (χ2v) is 5.01. The summed E-state index contributed by atoms with van der Waals surface area (Å²) >= 11 is 7.73. The van der Waals surface area contributed by atoms with Crippen LogP contribution in [0.3, 0.4) is 0 Å². The minimum absolute atomic E-state index is 0.178. The van der Waals surface area contributed by atoms with Crippen LogP contribution in [-0.4, -0.2) is 15.6 Å². The molecule has 1 atom stereocenters. The number of rotatable bonds is 3. The van der Waals surface area contributed by atoms with Crippen LogP contribution in [0.4, 0.5) is 0 Å². The second kappa shape index (κ2) is 4.19. The highest BCUT2D eigenvalue weighted by molar-refractivity contribution is 7.11. The molecular formula is C8H13ClN2S. The van der Waals surface area contributed by atoms with E-state index in [2.05, 4.69) is 24.0 Å². The fourth-order valence-electron chi connectivity index (χ4n) is 0.823. The number of alkyl halides is 1. The zero-order chi connectivity index (χ0) is 9.14. The maximum Gasteiger partial charge on any atom is 0.118 e. The molecule has 0 saturated heterocycles. The lowest BCUT2D eigenvalue weighted by atomic mass is 10.1. The number of aromatic nitrogens is 2. The molecule has 0 aliphatic heterocycles. The molecule has 4 heteroatoms. The number of aryl methyl sites for hydroxylation is 1. The first-order valence-corrected chi connectivity index (χ1v) is 5.28. The van der Waals surface area contributed by atoms with Crippen LogP contribution in [0.2, 0.25) is 0 Å². The second-order valence-electron chi connectivity index (χ2n) is 3.18. The van der Waals surface area contributed by atoms with E-state index in [1.165, 1.54) is 0 Å². The summed E-state index contributed by atoms with van der Waals surface area (Å²) < 4.78 is 0. The summed E-state index contributed by atoms with van der Waals surface area (Å²) in [5.74, 6) is 0.496. The van der Waals surface area contributed by atoms with Crippen LogP contribution >= 0.6 is 22.9 Å². The molecule has 0 saturated carbocycles. The lowest BCUT2D eigenvalue weighted by Crippen LogP contribution is -2.10. The SMILES string of the molecule is Cc1nnc(CC(Cl)C(C)C)s1. The predicted molar refractivity (Wildman–Crippen MR) is 52.8 cm³/mol. The van der Waals surface area contributed by atoms with Gasteiger partial charge >= 0.3 is 0 Å². The van der Waals surface area contributed by atoms with Gasteiger partial charge in [-0.1, -0.05) is 13.8 Å². The fourth-order valence-corrected chi connectivity index (χ4v) is 1.83. The number of hydrogen-bond donors (Lipinski definition) is 0. The largest absolute Gasteiger partial charge is 0.144 e. The first kappa shape index (κ1) is 9.93. The zero-order valence-corrected chi connectivity index (χ0v) is 9.11. The number of nitrogens with zero attached hydrogens (tertiary/aromatic N) is 2. The summed E-state index contributed by atoms with van der Waals surface area (Å²) in [6.45, 7) is 6.19. The van der Waals surface area contributed by atoms with E-state index >= 15 is 0 Å². The van der Waals surface area contributed by atoms with Gasteiger partial charge in [-0.2, -0.15) is 0 Å². The van der Waals surface area contributed by atoms with Crippen molar-refractivity contribution in [3.63, 3.8) is 0 Å². The van der Waals surface area contributed by atoms with Crippen molar-refractivity contribution in [3.8, 4) is 0 Å². The minimum Gasteiger partial charge on any atom is -0.144 e. The van der Waals surface area contributed by atoms with Crippen LogP contribution in [0.1, 0.15) is 23.9 Å². The third-order valence-corrected chi connectivity index (χ3v) is 3.18. The smallest absolute Gasteiger partial charge is 0.118 e. The van der Waals surface area contributed by atoms with Crippen molar-refractivity contribution in [3.05, 3.63) is 10.0 Å². The van der Waals surface area contributed by atoms with Crippen molar-refractivity contribution in [2.24, 2.45) is 5.92 Å². The Labute approximate surface area is 82.0 Å². The van der Waals surface area contributed by atoms with Crippen LogP contribution < -0.4 is 0 Å². The van der Waals surface area contributed by atoms with Gasteiger partial charge in [-0.3, -0.25) is 0 Å². The van der Waals surface area contributed by atoms with Gasteiger partial charge in [-0.15, -0.1) is 33.1 Å². The van der Waals surface area contributed by atoms with Gasteiger partial charge in [-0.25, -0.2) is 0 Å². The van der Waals surface area contributed by atoms with E-state index in [9.17, 15) is 0 Å². The number of hydrogen-bond acceptors (Lipinski definition) is 3. The van der Waals surface area contributed by atoms with E-state index in [-0.39, 0.29) is 5.38 Å². The van der Waals surface area contributed by atoms with Crippen molar-refractivity contribution < 1.29 is 0 Å². The normalized spacial score (nSPS) is 13.8. The van der Waals surface area contributed by atoms with Gasteiger partial charge in [0.1, 0.15) is 10.0 Å². The van der Waals surface area contributed by atoms with Crippen LogP contribution in [0.15, 0.2) is 0 Å². The maximum absolute atomic E-state index is 6.10. The summed E-state index contributed by atoms with van der Waals surface area (Å²) in [4.78, 5) is 0. The van der Waals surface area contributed by atoms with E-state index in [1.54, 1.807) is 11.3 Å². The van der Waals surface area contributed by atoms with E-state index in [4.69, 9.17) is 11.6 Å². The highest BCUT2D eigenvalue weighted by atomic mass is 35.5. The van der Waals surface area contributed by atoms with Gasteiger partial charge in [0.25, 0.3) is 0 Å². The summed E-state index contributed by atoms with van der Waals surface area (Å²) in [6, 6.07) is 0. The lowest BCUT2D eigenvalue weighted by molar-refractivity contribution is 0.593. The molecule has 1 rings (SSSR count). The van der Waals surface area contributed by atoms with Gasteiger partial charge in [0.15, 0.2) is 0 Å². The Kier molecular flexibility index (Phi) is 3.47. The Morgan fingerprint density at radius 2 is 2.08 bits per heavy atom. The van der Waals surface area contributed by atoms with Crippen molar-refractivity contribution in [2.45, 2.75) is 32.6 Å². The molecule has 0 N–H and O–H groups in total. The highest BCUT2D eigenvalue weighted by Gasteiger charge is 2.12. The molecule has 0 aliphatic rings. The van der Waals surface area contributed by atoms with Crippen molar-refractivity contribution in [2.75, 3.05) is 0 Å². The van der Waals surface area contributed by atoms with Crippen molar-refractivity contribution >= 4 is 22.9 Å². The van der Waals surface area contributed by atoms with Gasteiger partial charge in [-0.05, 0) is 12.8 Å². The van der Waals surface area contributed by atoms with E-state index in [0.717, 1.165) is 16.4 Å². The van der Waals surface area contributed by atoms with Crippen LogP contribution in [0.25, 0.3) is 0 Å². The monoisotopic (exact) mass is 204 g/mol. The molecule has 1 aromatic rings. The maximum atomic E-state index is 6.10. The van der Waals surface area contributed by atoms with E-state index < -0.39 is 0 Å². The van der Waals surface area contributed by atoms with Crippen LogP contribution in [0, 0.1) is 12.8 Å². The summed E-state index contributed by atoms with van der Waals surface area (Å²) in [5.41, 5.74) is 0. The molecule has 1 heterocycles. The van der Waals surface area contributed by atoms with Crippen molar-refractivity contribution in [1.29, 1.82) is 0 Å².